The van der Waals surface area contributed by atoms with Crippen LogP contribution < -0.4 is 15.4 Å². The van der Waals surface area contributed by atoms with Gasteiger partial charge in [0.15, 0.2) is 11.5 Å². The molecule has 41 heavy (non-hydrogen) atoms. The highest BCUT2D eigenvalue weighted by atomic mass is 16.5. The summed E-state index contributed by atoms with van der Waals surface area (Å²) in [4.78, 5) is 19.6. The van der Waals surface area contributed by atoms with E-state index in [9.17, 15) is 4.79 Å². The summed E-state index contributed by atoms with van der Waals surface area (Å²) in [6.45, 7) is 11.5. The molecule has 0 bridgehead atoms. The van der Waals surface area contributed by atoms with Gasteiger partial charge in [0, 0.05) is 30.0 Å². The van der Waals surface area contributed by atoms with Crippen LogP contribution in [0.1, 0.15) is 56.5 Å². The molecule has 2 N–H and O–H groups in total. The molecule has 0 aliphatic carbocycles. The van der Waals surface area contributed by atoms with Gasteiger partial charge < -0.3 is 20.1 Å². The van der Waals surface area contributed by atoms with Crippen LogP contribution in [0.5, 0.6) is 5.75 Å². The maximum atomic E-state index is 12.4. The Morgan fingerprint density at radius 3 is 2.66 bits per heavy atom. The highest BCUT2D eigenvalue weighted by Gasteiger charge is 2.29. The third-order valence-electron chi connectivity index (χ3n) is 7.49. The predicted octanol–water partition coefficient (Wildman–Crippen LogP) is 6.08. The van der Waals surface area contributed by atoms with E-state index in [2.05, 4.69) is 36.3 Å². The van der Waals surface area contributed by atoms with Gasteiger partial charge in [0.1, 0.15) is 5.75 Å². The second-order valence-electron chi connectivity index (χ2n) is 11.4. The third kappa shape index (κ3) is 6.62. The molecule has 0 amide bonds. The largest absolute Gasteiger partial charge is 0.497 e. The molecule has 216 valence electrons. The molecule has 1 fully saturated rings. The molecule has 5 rings (SSSR count). The number of carbonyl (C=O) groups is 1. The highest BCUT2D eigenvalue weighted by Crippen LogP contribution is 2.33. The zero-order chi connectivity index (χ0) is 29.0. The van der Waals surface area contributed by atoms with Crippen LogP contribution in [0.2, 0.25) is 0 Å². The first kappa shape index (κ1) is 28.4. The number of ether oxygens (including phenoxy) is 2. The summed E-state index contributed by atoms with van der Waals surface area (Å²) in [6, 6.07) is 17.6. The molecule has 0 unspecified atom stereocenters. The van der Waals surface area contributed by atoms with Crippen molar-refractivity contribution in [3.05, 3.63) is 71.9 Å². The van der Waals surface area contributed by atoms with E-state index in [1.54, 1.807) is 26.3 Å². The number of likely N-dealkylation sites (tertiary alicyclic amines) is 1. The van der Waals surface area contributed by atoms with Gasteiger partial charge in [-0.2, -0.15) is 5.10 Å². The molecule has 1 aliphatic rings. The lowest BCUT2D eigenvalue weighted by molar-refractivity contribution is 0.0526. The van der Waals surface area contributed by atoms with E-state index in [4.69, 9.17) is 19.6 Å². The number of nitrogens with zero attached hydrogens (tertiary/aromatic N) is 4. The van der Waals surface area contributed by atoms with E-state index in [1.807, 2.05) is 53.2 Å². The third-order valence-corrected chi connectivity index (χ3v) is 7.49. The van der Waals surface area contributed by atoms with Gasteiger partial charge in [-0.15, -0.1) is 0 Å². The van der Waals surface area contributed by atoms with E-state index in [0.29, 0.717) is 18.7 Å². The molecule has 1 atom stereocenters. The van der Waals surface area contributed by atoms with Crippen LogP contribution in [0.3, 0.4) is 0 Å². The molecule has 0 spiro atoms. The van der Waals surface area contributed by atoms with E-state index in [0.717, 1.165) is 65.5 Å². The Balaban J connectivity index is 1.51. The van der Waals surface area contributed by atoms with Crippen molar-refractivity contribution in [3.8, 4) is 5.75 Å². The van der Waals surface area contributed by atoms with Crippen molar-refractivity contribution in [2.75, 3.05) is 37.4 Å². The van der Waals surface area contributed by atoms with Crippen molar-refractivity contribution < 1.29 is 14.3 Å². The van der Waals surface area contributed by atoms with Crippen molar-refractivity contribution in [1.29, 1.82) is 0 Å². The van der Waals surface area contributed by atoms with E-state index < -0.39 is 0 Å². The first-order valence-corrected chi connectivity index (χ1v) is 14.3. The second kappa shape index (κ2) is 12.2. The van der Waals surface area contributed by atoms with Gasteiger partial charge in [-0.25, -0.2) is 14.5 Å². The van der Waals surface area contributed by atoms with Gasteiger partial charge >= 0.3 is 5.97 Å². The molecule has 2 aromatic heterocycles. The number of rotatable bonds is 9. The van der Waals surface area contributed by atoms with Crippen molar-refractivity contribution in [1.82, 2.24) is 19.7 Å². The molecular weight excluding hydrogens is 516 g/mol. The quantitative estimate of drug-likeness (QED) is 0.240. The van der Waals surface area contributed by atoms with E-state index in [-0.39, 0.29) is 17.6 Å². The zero-order valence-electron chi connectivity index (χ0n) is 24.6. The lowest BCUT2D eigenvalue weighted by Crippen LogP contribution is -2.50. The monoisotopic (exact) mass is 556 g/mol. The number of benzene rings is 2. The Labute approximate surface area is 241 Å². The number of nitrogens with one attached hydrogen (secondary N) is 2. The number of methoxy groups -OCH3 is 1. The summed E-state index contributed by atoms with van der Waals surface area (Å²) in [5.74, 6) is 1.27. The summed E-state index contributed by atoms with van der Waals surface area (Å²) in [5.41, 5.74) is 4.13. The number of hydrogen-bond acceptors (Lipinski definition) is 8. The average Bonchev–Trinajstić information content (AvgIpc) is 3.31. The van der Waals surface area contributed by atoms with Crippen molar-refractivity contribution >= 4 is 34.2 Å². The van der Waals surface area contributed by atoms with Gasteiger partial charge in [-0.05, 0) is 89.0 Å². The van der Waals surface area contributed by atoms with Gasteiger partial charge in [-0.3, -0.25) is 4.90 Å². The van der Waals surface area contributed by atoms with Crippen LogP contribution in [0, 0.1) is 0 Å². The SMILES string of the molecule is CCOC(=O)c1cccc(Nc2ccnc3c2c(N[C@@H]2CCCN(C(C)(C)C)C2)nn3Cc2ccc(OC)cc2)c1. The molecule has 4 aromatic rings. The van der Waals surface area contributed by atoms with E-state index >= 15 is 0 Å². The molecule has 9 nitrogen and oxygen atoms in total. The number of esters is 1. The van der Waals surface area contributed by atoms with Crippen molar-refractivity contribution in [2.45, 2.75) is 58.7 Å². The van der Waals surface area contributed by atoms with Gasteiger partial charge in [0.25, 0.3) is 0 Å². The molecule has 0 saturated carbocycles. The average molecular weight is 557 g/mol. The summed E-state index contributed by atoms with van der Waals surface area (Å²) in [7, 11) is 1.67. The Kier molecular flexibility index (Phi) is 8.44. The first-order chi connectivity index (χ1) is 19.7. The number of aromatic nitrogens is 3. The maximum absolute atomic E-state index is 12.4. The number of fused-ring (bicyclic) bond motifs is 1. The predicted molar refractivity (Wildman–Crippen MR) is 163 cm³/mol. The molecule has 1 saturated heterocycles. The van der Waals surface area contributed by atoms with Crippen LogP contribution in [-0.4, -0.2) is 64.0 Å². The minimum atomic E-state index is -0.341. The van der Waals surface area contributed by atoms with Gasteiger partial charge in [-0.1, -0.05) is 18.2 Å². The highest BCUT2D eigenvalue weighted by molar-refractivity contribution is 6.00. The fourth-order valence-electron chi connectivity index (χ4n) is 5.31. The summed E-state index contributed by atoms with van der Waals surface area (Å²) in [6.07, 6.45) is 3.99. The number of pyridine rings is 1. The molecule has 3 heterocycles. The van der Waals surface area contributed by atoms with Crippen LogP contribution in [0.15, 0.2) is 60.8 Å². The first-order valence-electron chi connectivity index (χ1n) is 14.3. The zero-order valence-corrected chi connectivity index (χ0v) is 24.6. The maximum Gasteiger partial charge on any atom is 0.338 e. The van der Waals surface area contributed by atoms with Gasteiger partial charge in [0.2, 0.25) is 0 Å². The van der Waals surface area contributed by atoms with Crippen LogP contribution in [-0.2, 0) is 11.3 Å². The Hall–Kier alpha value is -4.11. The lowest BCUT2D eigenvalue weighted by atomic mass is 9.98. The normalized spacial score (nSPS) is 16.0. The number of piperidine rings is 1. The second-order valence-corrected chi connectivity index (χ2v) is 11.4. The Morgan fingerprint density at radius 1 is 1.12 bits per heavy atom. The molecular formula is C32H40N6O3. The van der Waals surface area contributed by atoms with E-state index in [1.165, 1.54) is 0 Å². The van der Waals surface area contributed by atoms with Crippen molar-refractivity contribution in [3.63, 3.8) is 0 Å². The van der Waals surface area contributed by atoms with Crippen molar-refractivity contribution in [2.24, 2.45) is 0 Å². The lowest BCUT2D eigenvalue weighted by Gasteiger charge is -2.41. The Morgan fingerprint density at radius 2 is 1.93 bits per heavy atom. The molecule has 2 aromatic carbocycles. The summed E-state index contributed by atoms with van der Waals surface area (Å²) in [5, 5.41) is 13.3. The number of hydrogen-bond donors (Lipinski definition) is 2. The van der Waals surface area contributed by atoms with Crippen LogP contribution in [0.4, 0.5) is 17.2 Å². The topological polar surface area (TPSA) is 93.5 Å². The molecule has 9 heteroatoms. The van der Waals surface area contributed by atoms with Crippen LogP contribution >= 0.6 is 0 Å². The van der Waals surface area contributed by atoms with Crippen LogP contribution in [0.25, 0.3) is 11.0 Å². The van der Waals surface area contributed by atoms with Gasteiger partial charge in [0.05, 0.1) is 36.9 Å². The Bertz CT molecular complexity index is 1490. The summed E-state index contributed by atoms with van der Waals surface area (Å²) < 4.78 is 12.5. The standard InChI is InChI=1S/C32H40N6O3/c1-6-41-31(39)23-9-7-10-24(19-23)34-27-16-17-33-30-28(27)29(35-25-11-8-18-37(21-25)32(2,3)4)36-38(30)20-22-12-14-26(40-5)15-13-22/h7,9-10,12-17,19,25H,6,8,11,18,20-21H2,1-5H3,(H,33,34)(H,35,36)/t25-/m1/s1. The number of anilines is 3. The number of carbonyl (C=O) groups excluding carboxylic acids is 1. The fraction of sp³-hybridized carbons (Fsp3) is 0.406. The fourth-order valence-corrected chi connectivity index (χ4v) is 5.31. The molecule has 1 aliphatic heterocycles. The minimum absolute atomic E-state index is 0.106. The smallest absolute Gasteiger partial charge is 0.338 e. The summed E-state index contributed by atoms with van der Waals surface area (Å²) >= 11 is 0. The molecule has 0 radical (unpaired) electrons. The minimum Gasteiger partial charge on any atom is -0.497 e.